The summed E-state index contributed by atoms with van der Waals surface area (Å²) in [5, 5.41) is 11.3. The zero-order chi connectivity index (χ0) is 20.0. The van der Waals surface area contributed by atoms with E-state index < -0.39 is 0 Å². The lowest BCUT2D eigenvalue weighted by atomic mass is 10.1. The molecule has 2 aliphatic heterocycles. The number of fused-ring (bicyclic) bond motifs is 2. The predicted molar refractivity (Wildman–Crippen MR) is 113 cm³/mol. The quantitative estimate of drug-likeness (QED) is 0.656. The third-order valence-electron chi connectivity index (χ3n) is 5.51. The van der Waals surface area contributed by atoms with E-state index in [9.17, 15) is 5.26 Å². The molecule has 0 amide bonds. The summed E-state index contributed by atoms with van der Waals surface area (Å²) < 4.78 is 11.4. The van der Waals surface area contributed by atoms with Crippen molar-refractivity contribution in [3.63, 3.8) is 0 Å². The van der Waals surface area contributed by atoms with E-state index in [1.807, 2.05) is 30.3 Å². The van der Waals surface area contributed by atoms with Gasteiger partial charge in [0.25, 0.3) is 0 Å². The first-order valence-corrected chi connectivity index (χ1v) is 9.95. The van der Waals surface area contributed by atoms with Gasteiger partial charge in [-0.15, -0.1) is 0 Å². The Kier molecular flexibility index (Phi) is 4.42. The lowest BCUT2D eigenvalue weighted by Gasteiger charge is -2.23. The van der Waals surface area contributed by atoms with E-state index in [4.69, 9.17) is 26.8 Å². The van der Waals surface area contributed by atoms with E-state index in [2.05, 4.69) is 16.0 Å². The van der Waals surface area contributed by atoms with Crippen LogP contribution >= 0.6 is 11.6 Å². The maximum Gasteiger partial charge on any atom is 0.144 e. The number of nitrogen functional groups attached to an aromatic ring is 1. The molecule has 3 aromatic rings. The summed E-state index contributed by atoms with van der Waals surface area (Å²) in [5.74, 6) is 0.598. The molecule has 3 heterocycles. The molecular formula is C22H19ClN4O2. The first kappa shape index (κ1) is 18.0. The number of hydrogen-bond acceptors (Lipinski definition) is 6. The van der Waals surface area contributed by atoms with Crippen LogP contribution in [0.3, 0.4) is 0 Å². The highest BCUT2D eigenvalue weighted by molar-refractivity contribution is 6.32. The van der Waals surface area contributed by atoms with Crippen molar-refractivity contribution >= 4 is 39.6 Å². The van der Waals surface area contributed by atoms with Crippen LogP contribution in [0.25, 0.3) is 10.9 Å². The van der Waals surface area contributed by atoms with E-state index in [-0.39, 0.29) is 6.10 Å². The molecule has 1 saturated heterocycles. The fourth-order valence-corrected chi connectivity index (χ4v) is 4.37. The van der Waals surface area contributed by atoms with Crippen LogP contribution in [0.2, 0.25) is 5.02 Å². The number of anilines is 3. The zero-order valence-corrected chi connectivity index (χ0v) is 16.4. The van der Waals surface area contributed by atoms with Crippen LogP contribution in [0.4, 0.5) is 17.1 Å². The summed E-state index contributed by atoms with van der Waals surface area (Å²) in [6, 6.07) is 11.8. The Morgan fingerprint density at radius 3 is 3.03 bits per heavy atom. The Morgan fingerprint density at radius 1 is 1.34 bits per heavy atom. The van der Waals surface area contributed by atoms with Crippen molar-refractivity contribution in [2.45, 2.75) is 18.9 Å². The van der Waals surface area contributed by atoms with Crippen molar-refractivity contribution in [3.05, 3.63) is 52.7 Å². The molecule has 0 bridgehead atoms. The number of aromatic nitrogens is 1. The predicted octanol–water partition coefficient (Wildman–Crippen LogP) is 4.20. The molecule has 2 aromatic carbocycles. The number of pyridine rings is 1. The SMILES string of the molecule is N#Cc1cnc2cc(OC3CCOC3)c(N)cc2c1N1CCc2c(Cl)cccc21. The normalized spacial score (nSPS) is 18.1. The van der Waals surface area contributed by atoms with E-state index in [0.717, 1.165) is 52.3 Å². The largest absolute Gasteiger partial charge is 0.486 e. The van der Waals surface area contributed by atoms with Gasteiger partial charge in [0.15, 0.2) is 0 Å². The lowest BCUT2D eigenvalue weighted by molar-refractivity contribution is 0.142. The second-order valence-corrected chi connectivity index (χ2v) is 7.69. The number of nitrogens with two attached hydrogens (primary N) is 1. The standard InChI is InChI=1S/C22H19ClN4O2/c23-17-2-1-3-20-15(17)4-6-27(20)22-13(10-24)11-26-19-9-21(18(25)8-16(19)22)29-14-5-7-28-12-14/h1-3,8-9,11,14H,4-7,12,25H2. The highest BCUT2D eigenvalue weighted by Gasteiger charge is 2.27. The van der Waals surface area contributed by atoms with E-state index >= 15 is 0 Å². The van der Waals surface area contributed by atoms with Gasteiger partial charge in [-0.3, -0.25) is 4.98 Å². The molecular weight excluding hydrogens is 388 g/mol. The van der Waals surface area contributed by atoms with Crippen LogP contribution in [-0.4, -0.2) is 30.8 Å². The molecule has 1 unspecified atom stereocenters. The Bertz CT molecular complexity index is 1150. The second-order valence-electron chi connectivity index (χ2n) is 7.28. The van der Waals surface area contributed by atoms with Gasteiger partial charge in [-0.1, -0.05) is 17.7 Å². The summed E-state index contributed by atoms with van der Waals surface area (Å²) in [6.07, 6.45) is 3.27. The fourth-order valence-electron chi connectivity index (χ4n) is 4.11. The average Bonchev–Trinajstić information content (AvgIpc) is 3.38. The molecule has 146 valence electrons. The summed E-state index contributed by atoms with van der Waals surface area (Å²) in [7, 11) is 0. The topological polar surface area (TPSA) is 84.4 Å². The van der Waals surface area contributed by atoms with Gasteiger partial charge in [0.1, 0.15) is 17.9 Å². The first-order valence-electron chi connectivity index (χ1n) is 9.57. The van der Waals surface area contributed by atoms with Crippen molar-refractivity contribution in [1.29, 1.82) is 5.26 Å². The number of hydrogen-bond donors (Lipinski definition) is 1. The van der Waals surface area contributed by atoms with Gasteiger partial charge >= 0.3 is 0 Å². The Morgan fingerprint density at radius 2 is 2.24 bits per heavy atom. The van der Waals surface area contributed by atoms with Crippen LogP contribution in [0.1, 0.15) is 17.5 Å². The molecule has 1 atom stereocenters. The van der Waals surface area contributed by atoms with E-state index in [0.29, 0.717) is 30.2 Å². The van der Waals surface area contributed by atoms with Crippen LogP contribution in [0.5, 0.6) is 5.75 Å². The molecule has 0 aliphatic carbocycles. The monoisotopic (exact) mass is 406 g/mol. The number of ether oxygens (including phenoxy) is 2. The van der Waals surface area contributed by atoms with Crippen LogP contribution < -0.4 is 15.4 Å². The Labute approximate surface area is 173 Å². The van der Waals surface area contributed by atoms with Crippen LogP contribution in [0, 0.1) is 11.3 Å². The summed E-state index contributed by atoms with van der Waals surface area (Å²) in [6.45, 7) is 2.00. The van der Waals surface area contributed by atoms with Crippen LogP contribution in [0.15, 0.2) is 36.5 Å². The smallest absolute Gasteiger partial charge is 0.144 e. The van der Waals surface area contributed by atoms with Crippen molar-refractivity contribution in [1.82, 2.24) is 4.98 Å². The molecule has 0 saturated carbocycles. The van der Waals surface area contributed by atoms with Crippen molar-refractivity contribution in [3.8, 4) is 11.8 Å². The number of nitriles is 1. The van der Waals surface area contributed by atoms with E-state index in [1.54, 1.807) is 6.20 Å². The van der Waals surface area contributed by atoms with Crippen LogP contribution in [-0.2, 0) is 11.2 Å². The lowest BCUT2D eigenvalue weighted by Crippen LogP contribution is -2.17. The highest BCUT2D eigenvalue weighted by Crippen LogP contribution is 2.43. The zero-order valence-electron chi connectivity index (χ0n) is 15.7. The number of benzene rings is 2. The minimum atomic E-state index is 0.000188. The fraction of sp³-hybridized carbons (Fsp3) is 0.273. The van der Waals surface area contributed by atoms with Gasteiger partial charge in [-0.05, 0) is 30.2 Å². The number of rotatable bonds is 3. The van der Waals surface area contributed by atoms with Gasteiger partial charge in [-0.25, -0.2) is 0 Å². The van der Waals surface area contributed by atoms with Gasteiger partial charge in [0, 0.05) is 41.3 Å². The molecule has 5 rings (SSSR count). The van der Waals surface area contributed by atoms with Crippen molar-refractivity contribution in [2.24, 2.45) is 0 Å². The molecule has 1 fully saturated rings. The number of nitrogens with zero attached hydrogens (tertiary/aromatic N) is 3. The molecule has 0 radical (unpaired) electrons. The maximum atomic E-state index is 9.74. The first-order chi connectivity index (χ1) is 14.2. The minimum Gasteiger partial charge on any atom is -0.486 e. The Hall–Kier alpha value is -3.01. The van der Waals surface area contributed by atoms with Crippen molar-refractivity contribution < 1.29 is 9.47 Å². The maximum absolute atomic E-state index is 9.74. The number of halogens is 1. The van der Waals surface area contributed by atoms with Gasteiger partial charge in [-0.2, -0.15) is 5.26 Å². The van der Waals surface area contributed by atoms with Crippen molar-refractivity contribution in [2.75, 3.05) is 30.4 Å². The van der Waals surface area contributed by atoms with Gasteiger partial charge in [0.05, 0.1) is 35.7 Å². The van der Waals surface area contributed by atoms with Gasteiger partial charge < -0.3 is 20.1 Å². The Balaban J connectivity index is 1.64. The minimum absolute atomic E-state index is 0.000188. The third kappa shape index (κ3) is 3.03. The summed E-state index contributed by atoms with van der Waals surface area (Å²) in [5.41, 5.74) is 11.0. The summed E-state index contributed by atoms with van der Waals surface area (Å²) in [4.78, 5) is 6.63. The molecule has 29 heavy (non-hydrogen) atoms. The third-order valence-corrected chi connectivity index (χ3v) is 5.87. The highest BCUT2D eigenvalue weighted by atomic mass is 35.5. The molecule has 2 aliphatic rings. The van der Waals surface area contributed by atoms with Gasteiger partial charge in [0.2, 0.25) is 0 Å². The molecule has 6 nitrogen and oxygen atoms in total. The molecule has 1 aromatic heterocycles. The van der Waals surface area contributed by atoms with E-state index in [1.165, 1.54) is 0 Å². The molecule has 7 heteroatoms. The molecule has 2 N–H and O–H groups in total. The molecule has 0 spiro atoms. The average molecular weight is 407 g/mol. The summed E-state index contributed by atoms with van der Waals surface area (Å²) >= 11 is 6.39. The second kappa shape index (κ2) is 7.11.